The van der Waals surface area contributed by atoms with E-state index >= 15 is 0 Å². The van der Waals surface area contributed by atoms with Crippen molar-refractivity contribution in [2.45, 2.75) is 85.0 Å². The second-order valence-corrected chi connectivity index (χ2v) is 4.98. The number of rotatable bonds is 11. The van der Waals surface area contributed by atoms with Crippen molar-refractivity contribution in [2.75, 3.05) is 0 Å². The van der Waals surface area contributed by atoms with E-state index in [-0.39, 0.29) is 0 Å². The van der Waals surface area contributed by atoms with Crippen molar-refractivity contribution in [1.29, 1.82) is 0 Å². The average molecular weight is 238 g/mol. The van der Waals surface area contributed by atoms with Crippen LogP contribution in [0.5, 0.6) is 0 Å². The van der Waals surface area contributed by atoms with Gasteiger partial charge in [0.15, 0.2) is 0 Å². The van der Waals surface area contributed by atoms with Crippen LogP contribution in [0.4, 0.5) is 0 Å². The molecule has 0 atom stereocenters. The number of carbonyl (C=O) groups excluding carboxylic acids is 1. The maximum atomic E-state index is 10.7. The van der Waals surface area contributed by atoms with Gasteiger partial charge >= 0.3 is 0 Å². The largest absolute Gasteiger partial charge is 0.298 e. The summed E-state index contributed by atoms with van der Waals surface area (Å²) >= 11 is 0. The van der Waals surface area contributed by atoms with Crippen LogP contribution >= 0.6 is 0 Å². The molecule has 0 fully saturated rings. The molecule has 0 saturated heterocycles. The summed E-state index contributed by atoms with van der Waals surface area (Å²) in [5.41, 5.74) is 2.31. The van der Waals surface area contributed by atoms with Gasteiger partial charge in [0.1, 0.15) is 6.29 Å². The zero-order valence-corrected chi connectivity index (χ0v) is 12.1. The highest BCUT2D eigenvalue weighted by Gasteiger charge is 1.99. The number of allylic oxidation sites excluding steroid dienone is 2. The van der Waals surface area contributed by atoms with Crippen LogP contribution in [-0.4, -0.2) is 6.29 Å². The van der Waals surface area contributed by atoms with Crippen molar-refractivity contribution in [1.82, 2.24) is 0 Å². The van der Waals surface area contributed by atoms with Crippen molar-refractivity contribution >= 4 is 6.29 Å². The first-order valence-electron chi connectivity index (χ1n) is 7.40. The van der Waals surface area contributed by atoms with Crippen molar-refractivity contribution in [2.24, 2.45) is 0 Å². The smallest absolute Gasteiger partial charge is 0.145 e. The Morgan fingerprint density at radius 1 is 0.882 bits per heavy atom. The first kappa shape index (κ1) is 16.4. The predicted molar refractivity (Wildman–Crippen MR) is 76.3 cm³/mol. The van der Waals surface area contributed by atoms with Gasteiger partial charge in [-0.2, -0.15) is 0 Å². The summed E-state index contributed by atoms with van der Waals surface area (Å²) in [6, 6.07) is 0. The molecule has 1 nitrogen and oxygen atoms in total. The second kappa shape index (κ2) is 11.9. The third-order valence-corrected chi connectivity index (χ3v) is 3.49. The molecular weight excluding hydrogens is 208 g/mol. The summed E-state index contributed by atoms with van der Waals surface area (Å²) < 4.78 is 0. The summed E-state index contributed by atoms with van der Waals surface area (Å²) in [7, 11) is 0. The number of hydrogen-bond donors (Lipinski definition) is 0. The van der Waals surface area contributed by atoms with Gasteiger partial charge in [0, 0.05) is 0 Å². The van der Waals surface area contributed by atoms with E-state index in [4.69, 9.17) is 0 Å². The lowest BCUT2D eigenvalue weighted by Crippen LogP contribution is -1.90. The van der Waals surface area contributed by atoms with E-state index < -0.39 is 0 Å². The van der Waals surface area contributed by atoms with Crippen LogP contribution in [0.15, 0.2) is 11.1 Å². The molecule has 0 aliphatic heterocycles. The van der Waals surface area contributed by atoms with Crippen molar-refractivity contribution in [3.8, 4) is 0 Å². The lowest BCUT2D eigenvalue weighted by atomic mass is 10.00. The van der Waals surface area contributed by atoms with Gasteiger partial charge in [0.25, 0.3) is 0 Å². The summed E-state index contributed by atoms with van der Waals surface area (Å²) in [6.45, 7) is 6.34. The standard InChI is InChI=1S/C16H30O/c1-4-6-7-8-9-10-11-12-13-16(5-2)15(3)14-17/h14H,4-13H2,1-3H3/b16-15-. The van der Waals surface area contributed by atoms with Gasteiger partial charge in [0.2, 0.25) is 0 Å². The van der Waals surface area contributed by atoms with Crippen molar-refractivity contribution in [3.05, 3.63) is 11.1 Å². The van der Waals surface area contributed by atoms with Gasteiger partial charge in [-0.15, -0.1) is 0 Å². The molecule has 0 saturated carbocycles. The molecule has 0 aromatic carbocycles. The molecule has 17 heavy (non-hydrogen) atoms. The summed E-state index contributed by atoms with van der Waals surface area (Å²) in [4.78, 5) is 10.7. The molecule has 0 radical (unpaired) electrons. The first-order valence-corrected chi connectivity index (χ1v) is 7.40. The number of aldehydes is 1. The Balaban J connectivity index is 3.47. The molecule has 0 heterocycles. The van der Waals surface area contributed by atoms with E-state index in [0.717, 1.165) is 24.7 Å². The molecule has 0 amide bonds. The lowest BCUT2D eigenvalue weighted by Gasteiger charge is -2.06. The molecule has 0 N–H and O–H groups in total. The molecule has 0 bridgehead atoms. The van der Waals surface area contributed by atoms with Crippen LogP contribution in [0.25, 0.3) is 0 Å². The molecule has 100 valence electrons. The lowest BCUT2D eigenvalue weighted by molar-refractivity contribution is -0.104. The molecule has 0 aliphatic rings. The van der Waals surface area contributed by atoms with E-state index in [9.17, 15) is 4.79 Å². The maximum absolute atomic E-state index is 10.7. The molecule has 0 spiro atoms. The SMILES string of the molecule is CCCCCCCCCC/C(CC)=C(/C)C=O. The minimum Gasteiger partial charge on any atom is -0.298 e. The molecule has 0 rings (SSSR count). The van der Waals surface area contributed by atoms with Crippen LogP contribution in [-0.2, 0) is 4.79 Å². The molecule has 0 aromatic rings. The van der Waals surface area contributed by atoms with Gasteiger partial charge in [-0.1, -0.05) is 64.4 Å². The number of carbonyl (C=O) groups is 1. The van der Waals surface area contributed by atoms with Crippen LogP contribution in [0.3, 0.4) is 0 Å². The maximum Gasteiger partial charge on any atom is 0.145 e. The van der Waals surface area contributed by atoms with Gasteiger partial charge in [-0.3, -0.25) is 4.79 Å². The van der Waals surface area contributed by atoms with E-state index in [1.807, 2.05) is 6.92 Å². The van der Waals surface area contributed by atoms with E-state index in [2.05, 4.69) is 13.8 Å². The molecule has 0 aromatic heterocycles. The first-order chi connectivity index (χ1) is 8.26. The van der Waals surface area contributed by atoms with Crippen molar-refractivity contribution < 1.29 is 4.79 Å². The Morgan fingerprint density at radius 2 is 1.41 bits per heavy atom. The van der Waals surface area contributed by atoms with Crippen LogP contribution in [0, 0.1) is 0 Å². The molecule has 0 unspecified atom stereocenters. The predicted octanol–water partition coefficient (Wildman–Crippen LogP) is 5.44. The quantitative estimate of drug-likeness (QED) is 0.266. The Kier molecular flexibility index (Phi) is 11.5. The zero-order chi connectivity index (χ0) is 12.9. The fraction of sp³-hybridized carbons (Fsp3) is 0.812. The summed E-state index contributed by atoms with van der Waals surface area (Å²) in [5, 5.41) is 0. The Morgan fingerprint density at radius 3 is 1.88 bits per heavy atom. The van der Waals surface area contributed by atoms with Crippen LogP contribution in [0.1, 0.15) is 85.0 Å². The Hall–Kier alpha value is -0.590. The van der Waals surface area contributed by atoms with Crippen molar-refractivity contribution in [3.63, 3.8) is 0 Å². The normalized spacial score (nSPS) is 12.4. The number of unbranched alkanes of at least 4 members (excludes halogenated alkanes) is 7. The van der Waals surface area contributed by atoms with E-state index in [1.165, 1.54) is 56.9 Å². The fourth-order valence-electron chi connectivity index (χ4n) is 2.21. The van der Waals surface area contributed by atoms with Crippen LogP contribution < -0.4 is 0 Å². The Bertz CT molecular complexity index is 216. The van der Waals surface area contributed by atoms with E-state index in [0.29, 0.717) is 0 Å². The minimum absolute atomic E-state index is 0.954. The summed E-state index contributed by atoms with van der Waals surface area (Å²) in [6.07, 6.45) is 14.0. The van der Waals surface area contributed by atoms with Crippen LogP contribution in [0.2, 0.25) is 0 Å². The Labute approximate surface area is 108 Å². The number of hydrogen-bond acceptors (Lipinski definition) is 1. The third kappa shape index (κ3) is 9.14. The fourth-order valence-corrected chi connectivity index (χ4v) is 2.21. The monoisotopic (exact) mass is 238 g/mol. The van der Waals surface area contributed by atoms with Gasteiger partial charge in [-0.05, 0) is 31.8 Å². The van der Waals surface area contributed by atoms with Gasteiger partial charge in [0.05, 0.1) is 0 Å². The minimum atomic E-state index is 0.954. The van der Waals surface area contributed by atoms with Gasteiger partial charge in [-0.25, -0.2) is 0 Å². The second-order valence-electron chi connectivity index (χ2n) is 4.98. The highest BCUT2D eigenvalue weighted by atomic mass is 16.1. The molecular formula is C16H30O. The average Bonchev–Trinajstić information content (AvgIpc) is 2.36. The topological polar surface area (TPSA) is 17.1 Å². The van der Waals surface area contributed by atoms with E-state index in [1.54, 1.807) is 0 Å². The highest BCUT2D eigenvalue weighted by Crippen LogP contribution is 2.17. The zero-order valence-electron chi connectivity index (χ0n) is 12.1. The third-order valence-electron chi connectivity index (χ3n) is 3.49. The summed E-state index contributed by atoms with van der Waals surface area (Å²) in [5.74, 6) is 0. The molecule has 1 heteroatoms. The van der Waals surface area contributed by atoms with Gasteiger partial charge < -0.3 is 0 Å². The highest BCUT2D eigenvalue weighted by molar-refractivity contribution is 5.73. The molecule has 0 aliphatic carbocycles.